The van der Waals surface area contributed by atoms with Gasteiger partial charge in [0.15, 0.2) is 0 Å². The number of aryl methyl sites for hydroxylation is 1. The summed E-state index contributed by atoms with van der Waals surface area (Å²) in [7, 11) is 3.73. The number of hydrogen-bond acceptors (Lipinski definition) is 3. The van der Waals surface area contributed by atoms with E-state index in [1.807, 2.05) is 68.7 Å². The molecule has 3 rings (SSSR count). The molecule has 0 radical (unpaired) electrons. The Labute approximate surface area is 123 Å². The SMILES string of the molecule is CN(N=Cc1c(O)n(C)c2ccccc12)c1ccccc1. The van der Waals surface area contributed by atoms with Gasteiger partial charge in [-0.15, -0.1) is 0 Å². The van der Waals surface area contributed by atoms with Crippen LogP contribution >= 0.6 is 0 Å². The molecule has 0 amide bonds. The number of rotatable bonds is 3. The average molecular weight is 279 g/mol. The predicted molar refractivity (Wildman–Crippen MR) is 87.0 cm³/mol. The Hall–Kier alpha value is -2.75. The zero-order chi connectivity index (χ0) is 14.8. The molecule has 0 aliphatic heterocycles. The van der Waals surface area contributed by atoms with Gasteiger partial charge >= 0.3 is 0 Å². The van der Waals surface area contributed by atoms with Crippen molar-refractivity contribution in [1.82, 2.24) is 4.57 Å². The number of aromatic hydroxyl groups is 1. The van der Waals surface area contributed by atoms with Gasteiger partial charge in [-0.25, -0.2) is 0 Å². The van der Waals surface area contributed by atoms with E-state index in [-0.39, 0.29) is 5.88 Å². The fraction of sp³-hybridized carbons (Fsp3) is 0.118. The highest BCUT2D eigenvalue weighted by atomic mass is 16.3. The van der Waals surface area contributed by atoms with E-state index in [1.54, 1.807) is 15.8 Å². The molecule has 0 bridgehead atoms. The van der Waals surface area contributed by atoms with Crippen LogP contribution in [0.4, 0.5) is 5.69 Å². The zero-order valence-corrected chi connectivity index (χ0v) is 12.1. The van der Waals surface area contributed by atoms with E-state index in [0.29, 0.717) is 0 Å². The first-order chi connectivity index (χ1) is 10.2. The molecular weight excluding hydrogens is 262 g/mol. The fourth-order valence-electron chi connectivity index (χ4n) is 2.39. The topological polar surface area (TPSA) is 40.8 Å². The van der Waals surface area contributed by atoms with Gasteiger partial charge in [0.2, 0.25) is 5.88 Å². The Morgan fingerprint density at radius 2 is 1.71 bits per heavy atom. The Bertz CT molecular complexity index is 790. The monoisotopic (exact) mass is 279 g/mol. The van der Waals surface area contributed by atoms with Crippen molar-refractivity contribution in [3.63, 3.8) is 0 Å². The maximum atomic E-state index is 10.3. The summed E-state index contributed by atoms with van der Waals surface area (Å²) >= 11 is 0. The maximum absolute atomic E-state index is 10.3. The molecule has 1 N–H and O–H groups in total. The standard InChI is InChI=1S/C17H17N3O/c1-19-16-11-7-6-10-14(16)15(17(19)21)12-18-20(2)13-8-4-3-5-9-13/h3-12,21H,1-2H3. The van der Waals surface area contributed by atoms with E-state index in [2.05, 4.69) is 5.10 Å². The summed E-state index contributed by atoms with van der Waals surface area (Å²) in [6.45, 7) is 0. The molecule has 0 unspecified atom stereocenters. The highest BCUT2D eigenvalue weighted by Gasteiger charge is 2.12. The highest BCUT2D eigenvalue weighted by Crippen LogP contribution is 2.28. The van der Waals surface area contributed by atoms with Gasteiger partial charge in [-0.05, 0) is 18.2 Å². The summed E-state index contributed by atoms with van der Waals surface area (Å²) in [5, 5.41) is 17.4. The number of fused-ring (bicyclic) bond motifs is 1. The minimum absolute atomic E-state index is 0.224. The van der Waals surface area contributed by atoms with E-state index in [9.17, 15) is 5.11 Å². The molecule has 0 spiro atoms. The Balaban J connectivity index is 1.99. The van der Waals surface area contributed by atoms with Gasteiger partial charge in [0.1, 0.15) is 0 Å². The van der Waals surface area contributed by atoms with Crippen LogP contribution in [0.3, 0.4) is 0 Å². The molecular formula is C17H17N3O. The van der Waals surface area contributed by atoms with Crippen molar-refractivity contribution < 1.29 is 5.11 Å². The molecule has 0 saturated carbocycles. The smallest absolute Gasteiger partial charge is 0.200 e. The number of para-hydroxylation sites is 2. The van der Waals surface area contributed by atoms with Crippen LogP contribution in [0, 0.1) is 0 Å². The van der Waals surface area contributed by atoms with E-state index in [0.717, 1.165) is 22.2 Å². The first kappa shape index (κ1) is 13.2. The zero-order valence-electron chi connectivity index (χ0n) is 12.1. The predicted octanol–water partition coefficient (Wildman–Crippen LogP) is 3.35. The minimum atomic E-state index is 0.224. The highest BCUT2D eigenvalue weighted by molar-refractivity contribution is 6.02. The second kappa shape index (κ2) is 5.32. The summed E-state index contributed by atoms with van der Waals surface area (Å²) in [6.07, 6.45) is 1.70. The molecule has 0 fully saturated rings. The van der Waals surface area contributed by atoms with Crippen molar-refractivity contribution in [1.29, 1.82) is 0 Å². The molecule has 4 nitrogen and oxygen atoms in total. The molecule has 106 valence electrons. The lowest BCUT2D eigenvalue weighted by atomic mass is 10.2. The first-order valence-corrected chi connectivity index (χ1v) is 6.77. The van der Waals surface area contributed by atoms with Crippen LogP contribution in [-0.2, 0) is 7.05 Å². The van der Waals surface area contributed by atoms with Gasteiger partial charge < -0.3 is 9.67 Å². The molecule has 0 aliphatic carbocycles. The summed E-state index contributed by atoms with van der Waals surface area (Å²) in [4.78, 5) is 0. The van der Waals surface area contributed by atoms with E-state index in [4.69, 9.17) is 0 Å². The number of anilines is 1. The molecule has 4 heteroatoms. The first-order valence-electron chi connectivity index (χ1n) is 6.77. The third-order valence-electron chi connectivity index (χ3n) is 3.60. The number of nitrogens with zero attached hydrogens (tertiary/aromatic N) is 3. The summed E-state index contributed by atoms with van der Waals surface area (Å²) in [5.74, 6) is 0.224. The number of hydrazone groups is 1. The molecule has 3 aromatic rings. The van der Waals surface area contributed by atoms with Crippen molar-refractivity contribution in [2.45, 2.75) is 0 Å². The summed E-state index contributed by atoms with van der Waals surface area (Å²) in [5.41, 5.74) is 2.71. The van der Waals surface area contributed by atoms with E-state index < -0.39 is 0 Å². The molecule has 0 aliphatic rings. The van der Waals surface area contributed by atoms with Crippen LogP contribution in [0.15, 0.2) is 59.7 Å². The van der Waals surface area contributed by atoms with Gasteiger partial charge in [0, 0.05) is 19.5 Å². The lowest BCUT2D eigenvalue weighted by molar-refractivity contribution is 0.434. The molecule has 2 aromatic carbocycles. The Morgan fingerprint density at radius 3 is 2.48 bits per heavy atom. The molecule has 0 saturated heterocycles. The van der Waals surface area contributed by atoms with Gasteiger partial charge in [-0.2, -0.15) is 5.10 Å². The van der Waals surface area contributed by atoms with Crippen LogP contribution in [0.2, 0.25) is 0 Å². The van der Waals surface area contributed by atoms with Crippen molar-refractivity contribution in [2.75, 3.05) is 12.1 Å². The lowest BCUT2D eigenvalue weighted by Gasteiger charge is -2.11. The van der Waals surface area contributed by atoms with Crippen molar-refractivity contribution in [3.05, 3.63) is 60.2 Å². The second-order valence-electron chi connectivity index (χ2n) is 4.92. The van der Waals surface area contributed by atoms with E-state index >= 15 is 0 Å². The Morgan fingerprint density at radius 1 is 1.05 bits per heavy atom. The van der Waals surface area contributed by atoms with Crippen molar-refractivity contribution in [2.24, 2.45) is 12.1 Å². The van der Waals surface area contributed by atoms with Crippen LogP contribution in [-0.4, -0.2) is 22.9 Å². The normalized spacial score (nSPS) is 11.3. The molecule has 1 heterocycles. The van der Waals surface area contributed by atoms with Crippen LogP contribution in [0.1, 0.15) is 5.56 Å². The largest absolute Gasteiger partial charge is 0.494 e. The maximum Gasteiger partial charge on any atom is 0.200 e. The quantitative estimate of drug-likeness (QED) is 0.590. The lowest BCUT2D eigenvalue weighted by Crippen LogP contribution is -2.08. The van der Waals surface area contributed by atoms with Crippen molar-refractivity contribution in [3.8, 4) is 5.88 Å². The van der Waals surface area contributed by atoms with Crippen LogP contribution in [0.5, 0.6) is 5.88 Å². The molecule has 0 atom stereocenters. The third kappa shape index (κ3) is 2.36. The van der Waals surface area contributed by atoms with Gasteiger partial charge in [-0.1, -0.05) is 36.4 Å². The average Bonchev–Trinajstić information content (AvgIpc) is 2.78. The van der Waals surface area contributed by atoms with Gasteiger partial charge in [-0.3, -0.25) is 5.01 Å². The number of hydrogen-bond donors (Lipinski definition) is 1. The number of aromatic nitrogens is 1. The fourth-order valence-corrected chi connectivity index (χ4v) is 2.39. The minimum Gasteiger partial charge on any atom is -0.494 e. The summed E-state index contributed by atoms with van der Waals surface area (Å²) in [6, 6.07) is 17.8. The van der Waals surface area contributed by atoms with Gasteiger partial charge in [0.25, 0.3) is 0 Å². The summed E-state index contributed by atoms with van der Waals surface area (Å²) < 4.78 is 1.76. The Kier molecular flexibility index (Phi) is 3.36. The molecule has 1 aromatic heterocycles. The third-order valence-corrected chi connectivity index (χ3v) is 3.60. The number of benzene rings is 2. The van der Waals surface area contributed by atoms with Crippen LogP contribution in [0.25, 0.3) is 10.9 Å². The molecule has 21 heavy (non-hydrogen) atoms. The van der Waals surface area contributed by atoms with Crippen molar-refractivity contribution >= 4 is 22.8 Å². The second-order valence-corrected chi connectivity index (χ2v) is 4.92. The van der Waals surface area contributed by atoms with Crippen LogP contribution < -0.4 is 5.01 Å². The van der Waals surface area contributed by atoms with Gasteiger partial charge in [0.05, 0.1) is 23.0 Å². The van der Waals surface area contributed by atoms with E-state index in [1.165, 1.54) is 0 Å².